The van der Waals surface area contributed by atoms with Crippen molar-refractivity contribution in [3.8, 4) is 0 Å². The largest absolute Gasteiger partial charge is 0.384 e. The second kappa shape index (κ2) is 7.05. The van der Waals surface area contributed by atoms with Crippen LogP contribution in [-0.2, 0) is 9.47 Å². The summed E-state index contributed by atoms with van der Waals surface area (Å²) in [5.74, 6) is 1.20. The van der Waals surface area contributed by atoms with Gasteiger partial charge in [-0.3, -0.25) is 0 Å². The third-order valence-corrected chi connectivity index (χ3v) is 5.03. The van der Waals surface area contributed by atoms with Crippen LogP contribution >= 0.6 is 0 Å². The molecule has 0 bridgehead atoms. The first-order valence-electron chi connectivity index (χ1n) is 8.04. The Kier molecular flexibility index (Phi) is 5.67. The molecule has 0 aromatic heterocycles. The van der Waals surface area contributed by atoms with Crippen molar-refractivity contribution in [2.45, 2.75) is 69.9 Å². The molecule has 3 nitrogen and oxygen atoms in total. The second-order valence-electron chi connectivity index (χ2n) is 6.81. The molecule has 2 rings (SSSR count). The SMILES string of the molecule is COCC(C)CC(N)C1CCOC2(CCCCC2)C1. The topological polar surface area (TPSA) is 44.5 Å². The molecule has 19 heavy (non-hydrogen) atoms. The predicted molar refractivity (Wildman–Crippen MR) is 78.1 cm³/mol. The molecule has 0 aromatic carbocycles. The fourth-order valence-corrected chi connectivity index (χ4v) is 3.99. The second-order valence-corrected chi connectivity index (χ2v) is 6.81. The zero-order valence-corrected chi connectivity index (χ0v) is 12.7. The van der Waals surface area contributed by atoms with E-state index in [-0.39, 0.29) is 5.60 Å². The van der Waals surface area contributed by atoms with Crippen LogP contribution in [0.4, 0.5) is 0 Å². The van der Waals surface area contributed by atoms with Crippen molar-refractivity contribution in [3.05, 3.63) is 0 Å². The molecule has 1 aliphatic carbocycles. The highest BCUT2D eigenvalue weighted by molar-refractivity contribution is 4.92. The lowest BCUT2D eigenvalue weighted by Gasteiger charge is -2.45. The van der Waals surface area contributed by atoms with Gasteiger partial charge in [-0.1, -0.05) is 26.2 Å². The van der Waals surface area contributed by atoms with Crippen molar-refractivity contribution >= 4 is 0 Å². The minimum absolute atomic E-state index is 0.184. The average Bonchev–Trinajstić information content (AvgIpc) is 2.40. The van der Waals surface area contributed by atoms with Gasteiger partial charge in [0.15, 0.2) is 0 Å². The Hall–Kier alpha value is -0.120. The summed E-state index contributed by atoms with van der Waals surface area (Å²) in [5, 5.41) is 0. The fraction of sp³-hybridized carbons (Fsp3) is 1.00. The standard InChI is InChI=1S/C16H31NO2/c1-13(12-18-2)10-15(17)14-6-9-19-16(11-14)7-4-3-5-8-16/h13-15H,3-12,17H2,1-2H3. The van der Waals surface area contributed by atoms with E-state index >= 15 is 0 Å². The Morgan fingerprint density at radius 2 is 2.05 bits per heavy atom. The predicted octanol–water partition coefficient (Wildman–Crippen LogP) is 3.12. The van der Waals surface area contributed by atoms with Crippen LogP contribution in [0, 0.1) is 11.8 Å². The van der Waals surface area contributed by atoms with E-state index in [1.807, 2.05) is 0 Å². The molecule has 1 saturated carbocycles. The van der Waals surface area contributed by atoms with Crippen LogP contribution in [0.25, 0.3) is 0 Å². The molecule has 3 heteroatoms. The van der Waals surface area contributed by atoms with Crippen LogP contribution in [0.2, 0.25) is 0 Å². The Morgan fingerprint density at radius 1 is 1.32 bits per heavy atom. The van der Waals surface area contributed by atoms with E-state index in [2.05, 4.69) is 6.92 Å². The highest BCUT2D eigenvalue weighted by atomic mass is 16.5. The summed E-state index contributed by atoms with van der Waals surface area (Å²) in [6.07, 6.45) is 9.97. The van der Waals surface area contributed by atoms with Gasteiger partial charge >= 0.3 is 0 Å². The molecule has 3 atom stereocenters. The molecular weight excluding hydrogens is 238 g/mol. The van der Waals surface area contributed by atoms with Gasteiger partial charge in [-0.05, 0) is 43.9 Å². The Morgan fingerprint density at radius 3 is 2.74 bits per heavy atom. The average molecular weight is 269 g/mol. The first-order valence-corrected chi connectivity index (χ1v) is 8.04. The number of ether oxygens (including phenoxy) is 2. The van der Waals surface area contributed by atoms with Gasteiger partial charge < -0.3 is 15.2 Å². The smallest absolute Gasteiger partial charge is 0.0685 e. The molecule has 3 unspecified atom stereocenters. The van der Waals surface area contributed by atoms with Crippen LogP contribution < -0.4 is 5.73 Å². The highest BCUT2D eigenvalue weighted by Crippen LogP contribution is 2.41. The van der Waals surface area contributed by atoms with Crippen molar-refractivity contribution < 1.29 is 9.47 Å². The van der Waals surface area contributed by atoms with E-state index in [0.29, 0.717) is 17.9 Å². The molecule has 112 valence electrons. The van der Waals surface area contributed by atoms with Gasteiger partial charge in [0.05, 0.1) is 5.60 Å². The number of hydrogen-bond acceptors (Lipinski definition) is 3. The third-order valence-electron chi connectivity index (χ3n) is 5.03. The van der Waals surface area contributed by atoms with Gasteiger partial charge in [0.25, 0.3) is 0 Å². The zero-order chi connectivity index (χ0) is 13.7. The molecular formula is C16H31NO2. The number of hydrogen-bond donors (Lipinski definition) is 1. The van der Waals surface area contributed by atoms with Crippen LogP contribution in [0.1, 0.15) is 58.3 Å². The maximum absolute atomic E-state index is 6.46. The Labute approximate surface area is 118 Å². The normalized spacial score (nSPS) is 30.2. The number of rotatable bonds is 5. The van der Waals surface area contributed by atoms with Crippen LogP contribution in [0.3, 0.4) is 0 Å². The zero-order valence-electron chi connectivity index (χ0n) is 12.7. The quantitative estimate of drug-likeness (QED) is 0.834. The molecule has 0 amide bonds. The van der Waals surface area contributed by atoms with E-state index in [0.717, 1.165) is 26.1 Å². The summed E-state index contributed by atoms with van der Waals surface area (Å²) in [5.41, 5.74) is 6.64. The van der Waals surface area contributed by atoms with Crippen molar-refractivity contribution in [2.75, 3.05) is 20.3 Å². The lowest BCUT2D eigenvalue weighted by Crippen LogP contribution is -2.46. The summed E-state index contributed by atoms with van der Waals surface area (Å²) in [6, 6.07) is 0.313. The van der Waals surface area contributed by atoms with E-state index in [9.17, 15) is 0 Å². The van der Waals surface area contributed by atoms with Gasteiger partial charge in [0.2, 0.25) is 0 Å². The highest BCUT2D eigenvalue weighted by Gasteiger charge is 2.40. The molecule has 2 N–H and O–H groups in total. The number of methoxy groups -OCH3 is 1. The van der Waals surface area contributed by atoms with E-state index in [4.69, 9.17) is 15.2 Å². The molecule has 2 aliphatic rings. The van der Waals surface area contributed by atoms with E-state index < -0.39 is 0 Å². The fourth-order valence-electron chi connectivity index (χ4n) is 3.99. The molecule has 2 fully saturated rings. The summed E-state index contributed by atoms with van der Waals surface area (Å²) >= 11 is 0. The monoisotopic (exact) mass is 269 g/mol. The van der Waals surface area contributed by atoms with E-state index in [1.165, 1.54) is 38.5 Å². The number of nitrogens with two attached hydrogens (primary N) is 1. The molecule has 0 aromatic rings. The Balaban J connectivity index is 1.85. The molecule has 1 aliphatic heterocycles. The van der Waals surface area contributed by atoms with Gasteiger partial charge in [-0.2, -0.15) is 0 Å². The molecule has 1 saturated heterocycles. The first-order chi connectivity index (χ1) is 9.15. The molecule has 0 radical (unpaired) electrons. The maximum Gasteiger partial charge on any atom is 0.0685 e. The minimum Gasteiger partial charge on any atom is -0.384 e. The Bertz CT molecular complexity index is 258. The lowest BCUT2D eigenvalue weighted by molar-refractivity contribution is -0.121. The summed E-state index contributed by atoms with van der Waals surface area (Å²) in [7, 11) is 1.77. The van der Waals surface area contributed by atoms with Crippen molar-refractivity contribution in [1.29, 1.82) is 0 Å². The molecule has 1 heterocycles. The van der Waals surface area contributed by atoms with Gasteiger partial charge in [0, 0.05) is 26.4 Å². The van der Waals surface area contributed by atoms with Crippen molar-refractivity contribution in [3.63, 3.8) is 0 Å². The maximum atomic E-state index is 6.46. The van der Waals surface area contributed by atoms with Gasteiger partial charge in [-0.25, -0.2) is 0 Å². The van der Waals surface area contributed by atoms with Gasteiger partial charge in [0.1, 0.15) is 0 Å². The summed E-state index contributed by atoms with van der Waals surface area (Å²) in [4.78, 5) is 0. The van der Waals surface area contributed by atoms with E-state index in [1.54, 1.807) is 7.11 Å². The van der Waals surface area contributed by atoms with Crippen molar-refractivity contribution in [2.24, 2.45) is 17.6 Å². The molecule has 1 spiro atoms. The first kappa shape index (κ1) is 15.3. The lowest BCUT2D eigenvalue weighted by atomic mass is 9.73. The van der Waals surface area contributed by atoms with Gasteiger partial charge in [-0.15, -0.1) is 0 Å². The summed E-state index contributed by atoms with van der Waals surface area (Å²) in [6.45, 7) is 3.97. The summed E-state index contributed by atoms with van der Waals surface area (Å²) < 4.78 is 11.4. The van der Waals surface area contributed by atoms with Crippen LogP contribution in [-0.4, -0.2) is 32.0 Å². The van der Waals surface area contributed by atoms with Crippen LogP contribution in [0.15, 0.2) is 0 Å². The minimum atomic E-state index is 0.184. The van der Waals surface area contributed by atoms with Crippen LogP contribution in [0.5, 0.6) is 0 Å². The third kappa shape index (κ3) is 4.17. The van der Waals surface area contributed by atoms with Crippen molar-refractivity contribution in [1.82, 2.24) is 0 Å².